The van der Waals surface area contributed by atoms with Gasteiger partial charge in [-0.3, -0.25) is 4.79 Å². The summed E-state index contributed by atoms with van der Waals surface area (Å²) >= 11 is 0. The molecule has 1 N–H and O–H groups in total. The Kier molecular flexibility index (Phi) is 6.82. The Morgan fingerprint density at radius 2 is 1.78 bits per heavy atom. The molecule has 1 aromatic heterocycles. The summed E-state index contributed by atoms with van der Waals surface area (Å²) in [6.07, 6.45) is 1.30. The molecule has 5 rings (SSSR count). The number of imidazole rings is 1. The Bertz CT molecular complexity index is 1250. The first-order chi connectivity index (χ1) is 17.5. The summed E-state index contributed by atoms with van der Waals surface area (Å²) < 4.78 is 7.30. The fraction of sp³-hybridized carbons (Fsp3) is 0.444. The van der Waals surface area contributed by atoms with E-state index in [1.165, 1.54) is 18.2 Å². The largest absolute Gasteiger partial charge is 0.453 e. The number of aromatic nitrogens is 2. The van der Waals surface area contributed by atoms with E-state index < -0.39 is 6.61 Å². The zero-order chi connectivity index (χ0) is 25.2. The number of nitrogens with zero attached hydrogens (tertiary/aromatic N) is 5. The van der Waals surface area contributed by atoms with Gasteiger partial charge in [-0.15, -0.1) is 0 Å². The van der Waals surface area contributed by atoms with Gasteiger partial charge < -0.3 is 29.1 Å². The monoisotopic (exact) mass is 491 g/mol. The van der Waals surface area contributed by atoms with Crippen molar-refractivity contribution in [2.45, 2.75) is 32.4 Å². The quantitative estimate of drug-likeness (QED) is 0.590. The van der Waals surface area contributed by atoms with E-state index >= 15 is 0 Å². The molecule has 1 atom stereocenters. The summed E-state index contributed by atoms with van der Waals surface area (Å²) in [6.45, 7) is 5.23. The molecule has 9 nitrogen and oxygen atoms in total. The first kappa shape index (κ1) is 24.1. The van der Waals surface area contributed by atoms with Crippen LogP contribution in [0.25, 0.3) is 11.0 Å². The molecule has 190 valence electrons. The lowest BCUT2D eigenvalue weighted by Crippen LogP contribution is -2.50. The Labute approximate surface area is 210 Å². The van der Waals surface area contributed by atoms with E-state index in [4.69, 9.17) is 9.72 Å². The lowest BCUT2D eigenvalue weighted by atomic mass is 9.98. The van der Waals surface area contributed by atoms with Crippen molar-refractivity contribution in [2.75, 3.05) is 51.3 Å². The van der Waals surface area contributed by atoms with Gasteiger partial charge in [0.2, 0.25) is 11.9 Å². The van der Waals surface area contributed by atoms with Crippen LogP contribution in [0.15, 0.2) is 42.5 Å². The van der Waals surface area contributed by atoms with Crippen molar-refractivity contribution in [3.05, 3.63) is 59.2 Å². The maximum Gasteiger partial charge on any atom is 0.409 e. The van der Waals surface area contributed by atoms with Crippen LogP contribution in [0.3, 0.4) is 0 Å². The van der Waals surface area contributed by atoms with Crippen LogP contribution in [-0.2, 0) is 28.9 Å². The molecule has 0 saturated carbocycles. The maximum absolute atomic E-state index is 12.3. The molecular formula is C27H33N5O4. The molecule has 0 radical (unpaired) electrons. The smallest absolute Gasteiger partial charge is 0.409 e. The van der Waals surface area contributed by atoms with E-state index in [2.05, 4.69) is 52.8 Å². The number of carbonyl (C=O) groups is 2. The van der Waals surface area contributed by atoms with Crippen molar-refractivity contribution in [1.29, 1.82) is 0 Å². The molecule has 0 unspecified atom stereocenters. The van der Waals surface area contributed by atoms with Gasteiger partial charge in [0.15, 0.2) is 0 Å². The van der Waals surface area contributed by atoms with E-state index in [-0.39, 0.29) is 18.0 Å². The summed E-state index contributed by atoms with van der Waals surface area (Å²) in [4.78, 5) is 35.1. The fourth-order valence-electron chi connectivity index (χ4n) is 5.43. The minimum absolute atomic E-state index is 0.142. The number of fused-ring (bicyclic) bond motifs is 3. The van der Waals surface area contributed by atoms with Crippen LogP contribution in [0.4, 0.5) is 10.7 Å². The van der Waals surface area contributed by atoms with Crippen LogP contribution in [0.5, 0.6) is 0 Å². The highest BCUT2D eigenvalue weighted by Crippen LogP contribution is 2.34. The van der Waals surface area contributed by atoms with Gasteiger partial charge >= 0.3 is 6.09 Å². The Hall–Kier alpha value is -3.59. The highest BCUT2D eigenvalue weighted by atomic mass is 16.5. The zero-order valence-corrected chi connectivity index (χ0v) is 20.9. The van der Waals surface area contributed by atoms with Crippen molar-refractivity contribution in [1.82, 2.24) is 19.4 Å². The second kappa shape index (κ2) is 10.2. The summed E-state index contributed by atoms with van der Waals surface area (Å²) in [5.74, 6) is 0.644. The third kappa shape index (κ3) is 4.51. The van der Waals surface area contributed by atoms with Crippen LogP contribution in [-0.4, -0.2) is 82.9 Å². The van der Waals surface area contributed by atoms with Crippen molar-refractivity contribution < 1.29 is 19.4 Å². The molecular weight excluding hydrogens is 458 g/mol. The van der Waals surface area contributed by atoms with Gasteiger partial charge in [-0.05, 0) is 37.0 Å². The normalized spacial score (nSPS) is 16.7. The van der Waals surface area contributed by atoms with Gasteiger partial charge in [0.05, 0.1) is 24.7 Å². The van der Waals surface area contributed by atoms with Crippen LogP contribution < -0.4 is 4.90 Å². The van der Waals surface area contributed by atoms with Gasteiger partial charge in [0.25, 0.3) is 0 Å². The van der Waals surface area contributed by atoms with Gasteiger partial charge in [0, 0.05) is 44.3 Å². The second-order valence-corrected chi connectivity index (χ2v) is 9.56. The van der Waals surface area contributed by atoms with E-state index in [0.29, 0.717) is 39.3 Å². The molecule has 0 spiro atoms. The van der Waals surface area contributed by atoms with Crippen molar-refractivity contribution in [3.8, 4) is 0 Å². The molecule has 2 aliphatic rings. The first-order valence-electron chi connectivity index (χ1n) is 12.5. The minimum atomic E-state index is -0.463. The predicted octanol–water partition coefficient (Wildman–Crippen LogP) is 2.61. The van der Waals surface area contributed by atoms with Crippen LogP contribution in [0, 0.1) is 0 Å². The first-order valence-corrected chi connectivity index (χ1v) is 12.5. The number of anilines is 1. The van der Waals surface area contributed by atoms with E-state index in [0.717, 1.165) is 35.4 Å². The molecule has 2 aromatic carbocycles. The van der Waals surface area contributed by atoms with Crippen molar-refractivity contribution >= 4 is 29.0 Å². The fourth-order valence-corrected chi connectivity index (χ4v) is 5.43. The molecule has 0 bridgehead atoms. The number of piperazine rings is 1. The average molecular weight is 492 g/mol. The topological polar surface area (TPSA) is 91.1 Å². The number of carbonyl (C=O) groups excluding carboxylic acids is 2. The highest BCUT2D eigenvalue weighted by Gasteiger charge is 2.29. The number of rotatable bonds is 5. The van der Waals surface area contributed by atoms with Crippen LogP contribution >= 0.6 is 0 Å². The van der Waals surface area contributed by atoms with E-state index in [9.17, 15) is 14.7 Å². The Morgan fingerprint density at radius 3 is 2.47 bits per heavy atom. The minimum Gasteiger partial charge on any atom is -0.453 e. The van der Waals surface area contributed by atoms with Crippen molar-refractivity contribution in [3.63, 3.8) is 0 Å². The number of benzene rings is 2. The molecule has 36 heavy (non-hydrogen) atoms. The molecule has 3 heterocycles. The predicted molar refractivity (Wildman–Crippen MR) is 137 cm³/mol. The lowest BCUT2D eigenvalue weighted by Gasteiger charge is -2.36. The molecule has 1 fully saturated rings. The van der Waals surface area contributed by atoms with Gasteiger partial charge in [-0.25, -0.2) is 9.78 Å². The maximum atomic E-state index is 12.3. The molecule has 2 amide bonds. The number of hydrogen-bond acceptors (Lipinski definition) is 6. The molecule has 2 aliphatic heterocycles. The number of hydrogen-bond donors (Lipinski definition) is 1. The summed E-state index contributed by atoms with van der Waals surface area (Å²) in [5, 5.41) is 9.25. The van der Waals surface area contributed by atoms with E-state index in [1.54, 1.807) is 9.80 Å². The molecule has 1 saturated heterocycles. The summed E-state index contributed by atoms with van der Waals surface area (Å²) in [7, 11) is 1.41. The third-order valence-corrected chi connectivity index (χ3v) is 7.34. The number of ether oxygens (including phenoxy) is 1. The number of aliphatic hydroxyl groups excluding tert-OH is 1. The lowest BCUT2D eigenvalue weighted by molar-refractivity contribution is -0.134. The van der Waals surface area contributed by atoms with Crippen LogP contribution in [0.2, 0.25) is 0 Å². The molecule has 3 aromatic rings. The Morgan fingerprint density at radius 1 is 1.03 bits per heavy atom. The average Bonchev–Trinajstić information content (AvgIpc) is 3.33. The third-order valence-electron chi connectivity index (χ3n) is 7.34. The SMILES string of the molecule is COC(=O)N1CCc2ccc3c(nc(N4CCN(C(=O)CO)CC4)n3[C@@H](C)Cc3ccccc3)c2C1. The summed E-state index contributed by atoms with van der Waals surface area (Å²) in [6, 6.07) is 14.9. The van der Waals surface area contributed by atoms with Gasteiger partial charge in [-0.2, -0.15) is 0 Å². The number of methoxy groups -OCH3 is 1. The standard InChI is InChI=1S/C27H33N5O4/c1-19(16-20-6-4-3-5-7-20)32-23-9-8-21-10-11-31(27(35)36-2)17-22(21)25(23)28-26(32)30-14-12-29(13-15-30)24(34)18-33/h3-9,19,33H,10-18H2,1-2H3/t19-/m0/s1. The molecule has 0 aliphatic carbocycles. The summed E-state index contributed by atoms with van der Waals surface area (Å²) in [5.41, 5.74) is 5.52. The van der Waals surface area contributed by atoms with Crippen LogP contribution in [0.1, 0.15) is 29.7 Å². The van der Waals surface area contributed by atoms with E-state index in [1.807, 2.05) is 6.07 Å². The van der Waals surface area contributed by atoms with Gasteiger partial charge in [-0.1, -0.05) is 36.4 Å². The Balaban J connectivity index is 1.55. The second-order valence-electron chi connectivity index (χ2n) is 9.56. The number of aliphatic hydroxyl groups is 1. The zero-order valence-electron chi connectivity index (χ0n) is 20.9. The number of amides is 2. The van der Waals surface area contributed by atoms with Gasteiger partial charge in [0.1, 0.15) is 6.61 Å². The van der Waals surface area contributed by atoms with Crippen molar-refractivity contribution in [2.24, 2.45) is 0 Å². The molecule has 9 heteroatoms. The highest BCUT2D eigenvalue weighted by molar-refractivity contribution is 5.85.